The Kier molecular flexibility index (Phi) is 6.45. The second kappa shape index (κ2) is 9.30. The Labute approximate surface area is 192 Å². The minimum absolute atomic E-state index is 0.138. The Bertz CT molecular complexity index is 1340. The van der Waals surface area contributed by atoms with Crippen LogP contribution in [-0.2, 0) is 9.09 Å². The topological polar surface area (TPSA) is 159 Å². The van der Waals surface area contributed by atoms with Crippen molar-refractivity contribution < 1.29 is 23.7 Å². The number of carbonyl (C=O) groups is 1. The summed E-state index contributed by atoms with van der Waals surface area (Å²) in [6.07, 6.45) is 3.80. The van der Waals surface area contributed by atoms with Gasteiger partial charge in [-0.1, -0.05) is 17.4 Å². The highest BCUT2D eigenvalue weighted by molar-refractivity contribution is 7.46. The smallest absolute Gasteiger partial charge is 0.341 e. The van der Waals surface area contributed by atoms with E-state index in [0.29, 0.717) is 16.2 Å². The molecule has 0 bridgehead atoms. The van der Waals surface area contributed by atoms with Crippen LogP contribution in [0.5, 0.6) is 0 Å². The molecule has 170 valence electrons. The van der Waals surface area contributed by atoms with Crippen molar-refractivity contribution in [3.8, 4) is 22.4 Å². The number of phosphoric ester groups is 1. The van der Waals surface area contributed by atoms with Gasteiger partial charge in [-0.3, -0.25) is 14.8 Å². The zero-order chi connectivity index (χ0) is 23.6. The Morgan fingerprint density at radius 3 is 2.55 bits per heavy atom. The Morgan fingerprint density at radius 2 is 1.91 bits per heavy atom. The van der Waals surface area contributed by atoms with Crippen molar-refractivity contribution in [2.45, 2.75) is 13.0 Å². The van der Waals surface area contributed by atoms with E-state index in [1.54, 1.807) is 18.6 Å². The van der Waals surface area contributed by atoms with E-state index >= 15 is 0 Å². The van der Waals surface area contributed by atoms with Gasteiger partial charge in [0.1, 0.15) is 6.10 Å². The van der Waals surface area contributed by atoms with Crippen LogP contribution in [0, 0.1) is 0 Å². The summed E-state index contributed by atoms with van der Waals surface area (Å²) in [6.45, 7) is 1.45. The lowest BCUT2D eigenvalue weighted by molar-refractivity contribution is 0.140. The molecule has 2 amide bonds. The second-order valence-electron chi connectivity index (χ2n) is 6.88. The molecule has 0 fully saturated rings. The number of thiazole rings is 1. The van der Waals surface area contributed by atoms with Gasteiger partial charge in [0.2, 0.25) is 0 Å². The molecule has 0 aliphatic rings. The molecule has 0 radical (unpaired) electrons. The summed E-state index contributed by atoms with van der Waals surface area (Å²) in [4.78, 5) is 47.1. The molecule has 11 nitrogen and oxygen atoms in total. The van der Waals surface area contributed by atoms with Gasteiger partial charge in [0, 0.05) is 36.8 Å². The van der Waals surface area contributed by atoms with Gasteiger partial charge >= 0.3 is 13.9 Å². The molecule has 4 rings (SSSR count). The van der Waals surface area contributed by atoms with Crippen LogP contribution in [0.3, 0.4) is 0 Å². The summed E-state index contributed by atoms with van der Waals surface area (Å²) in [6, 6.07) is 8.99. The van der Waals surface area contributed by atoms with E-state index in [-0.39, 0.29) is 11.9 Å². The van der Waals surface area contributed by atoms with Crippen LogP contribution in [-0.4, -0.2) is 42.8 Å². The first-order valence-corrected chi connectivity index (χ1v) is 12.0. The number of urea groups is 1. The summed E-state index contributed by atoms with van der Waals surface area (Å²) in [5.41, 5.74) is 3.64. The largest absolute Gasteiger partial charge is 0.470 e. The lowest BCUT2D eigenvalue weighted by Crippen LogP contribution is -2.24. The number of carbonyl (C=O) groups excluding carboxylic acids is 1. The summed E-state index contributed by atoms with van der Waals surface area (Å²) in [5.74, 6) is 0.138. The molecule has 4 aromatic rings. The average Bonchev–Trinajstić information content (AvgIpc) is 3.20. The molecular formula is C20H19N6O5PS. The molecule has 33 heavy (non-hydrogen) atoms. The molecular weight excluding hydrogens is 467 g/mol. The second-order valence-corrected chi connectivity index (χ2v) is 9.07. The number of amides is 2. The van der Waals surface area contributed by atoms with Crippen LogP contribution in [0.15, 0.2) is 48.9 Å². The lowest BCUT2D eigenvalue weighted by Gasteiger charge is -2.12. The number of hydrogen-bond acceptors (Lipinski definition) is 8. The molecule has 1 atom stereocenters. The van der Waals surface area contributed by atoms with Crippen molar-refractivity contribution in [1.82, 2.24) is 25.3 Å². The number of phosphoric acid groups is 1. The molecule has 3 aromatic heterocycles. The molecule has 1 aromatic carbocycles. The first-order valence-electron chi connectivity index (χ1n) is 9.64. The molecule has 4 N–H and O–H groups in total. The number of hydrogen-bond donors (Lipinski definition) is 4. The van der Waals surface area contributed by atoms with Gasteiger partial charge in [-0.05, 0) is 36.8 Å². The molecule has 13 heteroatoms. The molecule has 0 spiro atoms. The van der Waals surface area contributed by atoms with Gasteiger partial charge in [0.15, 0.2) is 11.0 Å². The number of anilines is 1. The van der Waals surface area contributed by atoms with E-state index in [9.17, 15) is 9.36 Å². The normalized spacial score (nSPS) is 12.5. The van der Waals surface area contributed by atoms with Gasteiger partial charge in [0.25, 0.3) is 0 Å². The molecule has 0 aliphatic carbocycles. The number of nitrogens with one attached hydrogen (secondary N) is 2. The molecule has 0 saturated heterocycles. The molecule has 3 heterocycles. The fraction of sp³-hybridized carbons (Fsp3) is 0.150. The SMILES string of the molecule is CNC(=O)Nc1nc2cc(-c3cnc([C@@H](C)OP(=O)(O)O)nc3)cc(-c3ccccn3)c2s1. The van der Waals surface area contributed by atoms with Gasteiger partial charge in [-0.2, -0.15) is 0 Å². The quantitative estimate of drug-likeness (QED) is 0.298. The van der Waals surface area contributed by atoms with Crippen LogP contribution in [0.1, 0.15) is 18.9 Å². The predicted molar refractivity (Wildman–Crippen MR) is 123 cm³/mol. The fourth-order valence-electron chi connectivity index (χ4n) is 3.07. The Balaban J connectivity index is 1.76. The number of rotatable bonds is 6. The van der Waals surface area contributed by atoms with Crippen molar-refractivity contribution in [2.75, 3.05) is 12.4 Å². The van der Waals surface area contributed by atoms with E-state index in [4.69, 9.17) is 9.79 Å². The van der Waals surface area contributed by atoms with Crippen molar-refractivity contribution in [1.29, 1.82) is 0 Å². The Hall–Kier alpha value is -3.28. The van der Waals surface area contributed by atoms with Crippen LogP contribution < -0.4 is 10.6 Å². The number of pyridine rings is 1. The molecule has 0 unspecified atom stereocenters. The summed E-state index contributed by atoms with van der Waals surface area (Å²) in [7, 11) is -3.14. The summed E-state index contributed by atoms with van der Waals surface area (Å²) in [5, 5.41) is 5.63. The molecule has 0 saturated carbocycles. The monoisotopic (exact) mass is 486 g/mol. The van der Waals surface area contributed by atoms with Gasteiger partial charge in [-0.15, -0.1) is 0 Å². The van der Waals surface area contributed by atoms with E-state index in [2.05, 4.69) is 35.1 Å². The maximum Gasteiger partial charge on any atom is 0.470 e. The maximum absolute atomic E-state index is 11.7. The lowest BCUT2D eigenvalue weighted by atomic mass is 10.0. The first-order chi connectivity index (χ1) is 15.7. The summed E-state index contributed by atoms with van der Waals surface area (Å²) >= 11 is 1.33. The van der Waals surface area contributed by atoms with E-state index in [1.165, 1.54) is 25.3 Å². The third kappa shape index (κ3) is 5.38. The van der Waals surface area contributed by atoms with Gasteiger partial charge in [0.05, 0.1) is 15.9 Å². The van der Waals surface area contributed by atoms with Crippen molar-refractivity contribution in [3.05, 3.63) is 54.7 Å². The van der Waals surface area contributed by atoms with Crippen LogP contribution in [0.2, 0.25) is 0 Å². The highest BCUT2D eigenvalue weighted by Crippen LogP contribution is 2.41. The standard InChI is InChI=1S/C20H19N6O5PS/c1-11(31-32(28,29)30)18-23-9-13(10-24-18)12-7-14(15-5-3-4-6-22-15)17-16(8-12)25-20(33-17)26-19(27)21-2/h3-11H,1-2H3,(H2,28,29,30)(H2,21,25,26,27)/t11-/m1/s1. The minimum atomic E-state index is -4.66. The van der Waals surface area contributed by atoms with E-state index in [1.807, 2.05) is 30.3 Å². The highest BCUT2D eigenvalue weighted by Gasteiger charge is 2.22. The minimum Gasteiger partial charge on any atom is -0.341 e. The van der Waals surface area contributed by atoms with E-state index < -0.39 is 13.9 Å². The Morgan fingerprint density at radius 1 is 1.15 bits per heavy atom. The summed E-state index contributed by atoms with van der Waals surface area (Å²) < 4.78 is 16.5. The van der Waals surface area contributed by atoms with Crippen LogP contribution in [0.25, 0.3) is 32.6 Å². The average molecular weight is 486 g/mol. The van der Waals surface area contributed by atoms with Crippen molar-refractivity contribution in [3.63, 3.8) is 0 Å². The van der Waals surface area contributed by atoms with Crippen molar-refractivity contribution >= 4 is 40.5 Å². The third-order valence-electron chi connectivity index (χ3n) is 4.54. The molecule has 0 aliphatic heterocycles. The van der Waals surface area contributed by atoms with Crippen molar-refractivity contribution in [2.24, 2.45) is 0 Å². The van der Waals surface area contributed by atoms with E-state index in [0.717, 1.165) is 21.5 Å². The predicted octanol–water partition coefficient (Wildman–Crippen LogP) is 3.74. The van der Waals surface area contributed by atoms with Gasteiger partial charge in [-0.25, -0.2) is 24.3 Å². The van der Waals surface area contributed by atoms with Gasteiger partial charge < -0.3 is 15.1 Å². The first kappa shape index (κ1) is 22.9. The third-order valence-corrected chi connectivity index (χ3v) is 6.15. The maximum atomic E-state index is 11.7. The van der Waals surface area contributed by atoms with Crippen LogP contribution >= 0.6 is 19.2 Å². The van der Waals surface area contributed by atoms with Crippen LogP contribution in [0.4, 0.5) is 9.93 Å². The number of nitrogens with zero attached hydrogens (tertiary/aromatic N) is 4. The zero-order valence-corrected chi connectivity index (χ0v) is 19.2. The number of benzene rings is 1. The number of aromatic nitrogens is 4. The highest BCUT2D eigenvalue weighted by atomic mass is 32.1. The zero-order valence-electron chi connectivity index (χ0n) is 17.5. The number of fused-ring (bicyclic) bond motifs is 1. The fourth-order valence-corrected chi connectivity index (χ4v) is 4.54.